The van der Waals surface area contributed by atoms with Crippen molar-refractivity contribution in [2.75, 3.05) is 13.7 Å². The van der Waals surface area contributed by atoms with E-state index in [0.29, 0.717) is 11.4 Å². The number of H-pyrrole nitrogens is 1. The number of fused-ring (bicyclic) bond motifs is 3. The van der Waals surface area contributed by atoms with Crippen molar-refractivity contribution in [2.24, 2.45) is 0 Å². The molecule has 1 amide bonds. The lowest BCUT2D eigenvalue weighted by Gasteiger charge is -2.13. The average molecular weight is 437 g/mol. The number of aliphatic hydroxyl groups is 1. The molecule has 5 rings (SSSR count). The molecule has 0 saturated carbocycles. The number of methoxy groups -OCH3 is 1. The minimum Gasteiger partial charge on any atom is -0.497 e. The fourth-order valence-corrected chi connectivity index (χ4v) is 3.99. The van der Waals surface area contributed by atoms with Crippen LogP contribution in [-0.2, 0) is 0 Å². The lowest BCUT2D eigenvalue weighted by atomic mass is 10.1. The second-order valence-electron chi connectivity index (χ2n) is 7.81. The molecular weight excluding hydrogens is 414 g/mol. The number of hydrogen-bond acceptors (Lipinski definition) is 4. The summed E-state index contributed by atoms with van der Waals surface area (Å²) in [6, 6.07) is 26.6. The first-order chi connectivity index (χ1) is 16.1. The first-order valence-electron chi connectivity index (χ1n) is 10.7. The quantitative estimate of drug-likeness (QED) is 0.354. The number of aliphatic hydroxyl groups excluding tert-OH is 1. The van der Waals surface area contributed by atoms with Crippen LogP contribution in [0.15, 0.2) is 84.9 Å². The smallest absolute Gasteiger partial charge is 0.270 e. The Hall–Kier alpha value is -4.16. The number of amides is 1. The van der Waals surface area contributed by atoms with Crippen LogP contribution >= 0.6 is 0 Å². The van der Waals surface area contributed by atoms with Gasteiger partial charge < -0.3 is 20.1 Å². The van der Waals surface area contributed by atoms with Crippen LogP contribution in [0.2, 0.25) is 0 Å². The third kappa shape index (κ3) is 4.04. The van der Waals surface area contributed by atoms with Gasteiger partial charge in [-0.2, -0.15) is 0 Å². The predicted octanol–water partition coefficient (Wildman–Crippen LogP) is 4.86. The fraction of sp³-hybridized carbons (Fsp3) is 0.111. The molecule has 6 heteroatoms. The molecule has 2 heterocycles. The molecule has 164 valence electrons. The van der Waals surface area contributed by atoms with Gasteiger partial charge in [-0.05, 0) is 42.0 Å². The molecule has 3 aromatic carbocycles. The molecule has 2 aromatic heterocycles. The first-order valence-corrected chi connectivity index (χ1v) is 10.7. The molecule has 0 aliphatic rings. The third-order valence-electron chi connectivity index (χ3n) is 5.73. The number of nitrogens with one attached hydrogen (secondary N) is 2. The summed E-state index contributed by atoms with van der Waals surface area (Å²) in [4.78, 5) is 21.2. The van der Waals surface area contributed by atoms with Crippen molar-refractivity contribution in [3.8, 4) is 17.0 Å². The van der Waals surface area contributed by atoms with Crippen molar-refractivity contribution in [3.63, 3.8) is 0 Å². The SMILES string of the molecule is COc1ccc(-c2nc(C(=O)NCC(O)c3ccccc3)cc3c2[nH]c2ccccc23)cc1. The molecule has 3 N–H and O–H groups in total. The number of carbonyl (C=O) groups is 1. The Bertz CT molecular complexity index is 1430. The number of ether oxygens (including phenoxy) is 1. The van der Waals surface area contributed by atoms with Gasteiger partial charge in [0.1, 0.15) is 11.4 Å². The molecule has 0 aliphatic carbocycles. The van der Waals surface area contributed by atoms with E-state index in [1.54, 1.807) is 13.2 Å². The van der Waals surface area contributed by atoms with Crippen LogP contribution < -0.4 is 10.1 Å². The van der Waals surface area contributed by atoms with Gasteiger partial charge >= 0.3 is 0 Å². The van der Waals surface area contributed by atoms with Gasteiger partial charge in [0.25, 0.3) is 5.91 Å². The molecule has 0 spiro atoms. The van der Waals surface area contributed by atoms with Gasteiger partial charge in [0.15, 0.2) is 0 Å². The molecular formula is C27H23N3O3. The van der Waals surface area contributed by atoms with Crippen LogP contribution in [0.25, 0.3) is 33.1 Å². The Morgan fingerprint density at radius 2 is 1.73 bits per heavy atom. The second-order valence-corrected chi connectivity index (χ2v) is 7.81. The summed E-state index contributed by atoms with van der Waals surface area (Å²) in [5.41, 5.74) is 4.42. The highest BCUT2D eigenvalue weighted by molar-refractivity contribution is 6.13. The van der Waals surface area contributed by atoms with Crippen LogP contribution in [0, 0.1) is 0 Å². The van der Waals surface area contributed by atoms with E-state index in [1.807, 2.05) is 78.9 Å². The third-order valence-corrected chi connectivity index (χ3v) is 5.73. The Morgan fingerprint density at radius 3 is 2.48 bits per heavy atom. The zero-order chi connectivity index (χ0) is 22.8. The van der Waals surface area contributed by atoms with Crippen molar-refractivity contribution in [2.45, 2.75) is 6.10 Å². The normalized spacial score (nSPS) is 12.1. The summed E-state index contributed by atoms with van der Waals surface area (Å²) in [5, 5.41) is 15.2. The van der Waals surface area contributed by atoms with Crippen LogP contribution in [0.3, 0.4) is 0 Å². The molecule has 0 fully saturated rings. The molecule has 0 bridgehead atoms. The van der Waals surface area contributed by atoms with Gasteiger partial charge in [0.05, 0.1) is 24.4 Å². The van der Waals surface area contributed by atoms with Crippen molar-refractivity contribution in [3.05, 3.63) is 96.2 Å². The lowest BCUT2D eigenvalue weighted by molar-refractivity contribution is 0.0911. The molecule has 0 aliphatic heterocycles. The first kappa shape index (κ1) is 20.7. The van der Waals surface area contributed by atoms with Gasteiger partial charge in [0, 0.05) is 28.4 Å². The highest BCUT2D eigenvalue weighted by atomic mass is 16.5. The van der Waals surface area contributed by atoms with Gasteiger partial charge in [-0.1, -0.05) is 48.5 Å². The maximum Gasteiger partial charge on any atom is 0.270 e. The Labute approximate surface area is 190 Å². The summed E-state index contributed by atoms with van der Waals surface area (Å²) >= 11 is 0. The summed E-state index contributed by atoms with van der Waals surface area (Å²) in [5.74, 6) is 0.405. The summed E-state index contributed by atoms with van der Waals surface area (Å²) < 4.78 is 5.28. The minimum atomic E-state index is -0.798. The van der Waals surface area contributed by atoms with E-state index < -0.39 is 6.10 Å². The minimum absolute atomic E-state index is 0.0916. The Kier molecular flexibility index (Phi) is 5.50. The molecule has 6 nitrogen and oxygen atoms in total. The van der Waals surface area contributed by atoms with Crippen molar-refractivity contribution in [1.29, 1.82) is 0 Å². The van der Waals surface area contributed by atoms with Crippen molar-refractivity contribution < 1.29 is 14.6 Å². The number of nitrogens with zero attached hydrogens (tertiary/aromatic N) is 1. The molecule has 1 unspecified atom stereocenters. The number of aromatic amines is 1. The van der Waals surface area contributed by atoms with E-state index in [4.69, 9.17) is 9.72 Å². The highest BCUT2D eigenvalue weighted by Gasteiger charge is 2.18. The van der Waals surface area contributed by atoms with E-state index >= 15 is 0 Å². The van der Waals surface area contributed by atoms with Crippen LogP contribution in [0.5, 0.6) is 5.75 Å². The number of para-hydroxylation sites is 1. The predicted molar refractivity (Wildman–Crippen MR) is 129 cm³/mol. The zero-order valence-corrected chi connectivity index (χ0v) is 18.1. The van der Waals surface area contributed by atoms with Gasteiger partial charge in [-0.25, -0.2) is 4.98 Å². The van der Waals surface area contributed by atoms with E-state index in [0.717, 1.165) is 38.7 Å². The second kappa shape index (κ2) is 8.76. The summed E-state index contributed by atoms with van der Waals surface area (Å²) in [7, 11) is 1.62. The van der Waals surface area contributed by atoms with E-state index in [2.05, 4.69) is 10.3 Å². The zero-order valence-electron chi connectivity index (χ0n) is 18.1. The maximum absolute atomic E-state index is 13.1. The average Bonchev–Trinajstić information content (AvgIpc) is 3.26. The summed E-state index contributed by atoms with van der Waals surface area (Å²) in [6.45, 7) is 0.0916. The molecule has 0 saturated heterocycles. The monoisotopic (exact) mass is 437 g/mol. The van der Waals surface area contributed by atoms with Crippen LogP contribution in [0.4, 0.5) is 0 Å². The maximum atomic E-state index is 13.1. The van der Waals surface area contributed by atoms with Gasteiger partial charge in [-0.3, -0.25) is 4.79 Å². The molecule has 1 atom stereocenters. The largest absolute Gasteiger partial charge is 0.497 e. The van der Waals surface area contributed by atoms with Crippen molar-refractivity contribution in [1.82, 2.24) is 15.3 Å². The van der Waals surface area contributed by atoms with Crippen LogP contribution in [0.1, 0.15) is 22.2 Å². The number of aromatic nitrogens is 2. The number of hydrogen-bond donors (Lipinski definition) is 3. The van der Waals surface area contributed by atoms with Gasteiger partial charge in [-0.15, -0.1) is 0 Å². The Morgan fingerprint density at radius 1 is 1.00 bits per heavy atom. The van der Waals surface area contributed by atoms with Crippen LogP contribution in [-0.4, -0.2) is 34.6 Å². The molecule has 33 heavy (non-hydrogen) atoms. The summed E-state index contributed by atoms with van der Waals surface area (Å²) in [6.07, 6.45) is -0.798. The number of pyridine rings is 1. The molecule has 0 radical (unpaired) electrons. The Balaban J connectivity index is 1.54. The van der Waals surface area contributed by atoms with Crippen molar-refractivity contribution >= 4 is 27.7 Å². The lowest BCUT2D eigenvalue weighted by Crippen LogP contribution is -2.29. The molecule has 5 aromatic rings. The standard InChI is InChI=1S/C27H23N3O3/c1-33-19-13-11-18(12-14-19)25-26-21(20-9-5-6-10-22(20)29-26)15-23(30-25)27(32)28-16-24(31)17-7-3-2-4-8-17/h2-15,24,29,31H,16H2,1H3,(H,28,32). The topological polar surface area (TPSA) is 87.2 Å². The van der Waals surface area contributed by atoms with E-state index in [9.17, 15) is 9.90 Å². The fourth-order valence-electron chi connectivity index (χ4n) is 3.99. The van der Waals surface area contributed by atoms with Gasteiger partial charge in [0.2, 0.25) is 0 Å². The number of rotatable bonds is 6. The van der Waals surface area contributed by atoms with E-state index in [-0.39, 0.29) is 12.5 Å². The number of benzene rings is 3. The highest BCUT2D eigenvalue weighted by Crippen LogP contribution is 2.33. The number of carbonyl (C=O) groups excluding carboxylic acids is 1. The van der Waals surface area contributed by atoms with E-state index in [1.165, 1.54) is 0 Å².